The monoisotopic (exact) mass is 663 g/mol. The van der Waals surface area contributed by atoms with Crippen LogP contribution in [0.5, 0.6) is 5.75 Å². The van der Waals surface area contributed by atoms with E-state index in [1.54, 1.807) is 12.1 Å². The number of para-hydroxylation sites is 1. The molecule has 11 heteroatoms. The zero-order valence-electron chi connectivity index (χ0n) is 21.5. The summed E-state index contributed by atoms with van der Waals surface area (Å²) in [5.74, 6) is -10.8. The summed E-state index contributed by atoms with van der Waals surface area (Å²) < 4.78 is 69.4. The normalized spacial score (nSPS) is 11.2. The van der Waals surface area contributed by atoms with Gasteiger partial charge in [0, 0.05) is 11.8 Å². The fourth-order valence-electron chi connectivity index (χ4n) is 4.84. The molecule has 0 fully saturated rings. The van der Waals surface area contributed by atoms with E-state index in [9.17, 15) is 27.1 Å². The Hall–Kier alpha value is -3.27. The number of phenolic OH excluding ortho intramolecular Hbond substituents is 1. The number of halogens is 7. The van der Waals surface area contributed by atoms with Crippen LogP contribution in [0.25, 0.3) is 0 Å². The Bertz CT molecular complexity index is 1570. The third-order valence-electron chi connectivity index (χ3n) is 6.61. The molecule has 5 aromatic rings. The average molecular weight is 664 g/mol. The molecule has 0 aliphatic rings. The van der Waals surface area contributed by atoms with Gasteiger partial charge in [-0.1, -0.05) is 103 Å². The van der Waals surface area contributed by atoms with Gasteiger partial charge in [0.05, 0.1) is 0 Å². The number of hydrogen-bond acceptors (Lipinski definition) is 2. The van der Waals surface area contributed by atoms with Gasteiger partial charge in [-0.05, 0) is 26.8 Å². The van der Waals surface area contributed by atoms with Gasteiger partial charge < -0.3 is 5.11 Å². The molecular formula is C31H20Cl2F5NOSiTi. The minimum absolute atomic E-state index is 0.0520. The number of benzene rings is 5. The minimum atomic E-state index is -3.16. The van der Waals surface area contributed by atoms with E-state index in [-0.39, 0.29) is 11.3 Å². The van der Waals surface area contributed by atoms with Crippen LogP contribution in [-0.2, 0) is 17.0 Å². The van der Waals surface area contributed by atoms with Crippen LogP contribution in [0.3, 0.4) is 0 Å². The maximum absolute atomic E-state index is 14.2. The molecule has 0 aromatic heterocycles. The molecule has 0 aliphatic carbocycles. The van der Waals surface area contributed by atoms with Gasteiger partial charge in [-0.15, -0.1) is 0 Å². The van der Waals surface area contributed by atoms with Crippen LogP contribution in [0.1, 0.15) is 5.56 Å². The molecule has 212 valence electrons. The second kappa shape index (κ2) is 14.3. The van der Waals surface area contributed by atoms with Crippen molar-refractivity contribution in [1.82, 2.24) is 0 Å². The van der Waals surface area contributed by atoms with Gasteiger partial charge in [0.15, 0.2) is 31.3 Å². The fraction of sp³-hybridized carbons (Fsp3) is 0. The van der Waals surface area contributed by atoms with Gasteiger partial charge in [-0.2, -0.15) is 0 Å². The molecular weight excluding hydrogens is 644 g/mol. The maximum atomic E-state index is 14.2. The summed E-state index contributed by atoms with van der Waals surface area (Å²) in [6.45, 7) is 0. The van der Waals surface area contributed by atoms with Crippen LogP contribution >= 0.6 is 18.6 Å². The topological polar surface area (TPSA) is 32.6 Å². The van der Waals surface area contributed by atoms with Crippen LogP contribution in [0.4, 0.5) is 27.6 Å². The SMILES string of the molecule is Oc1c(C=Nc2c(F)c(F)c(F)c(F)c2F)cccc1[Si](c1ccccc1)(c1ccccc1)c1ccccc1.[Cl][Ti][Cl]. The molecule has 5 aromatic carbocycles. The third kappa shape index (κ3) is 6.09. The molecule has 5 rings (SSSR count). The van der Waals surface area contributed by atoms with Gasteiger partial charge in [-0.25, -0.2) is 26.9 Å². The molecule has 0 atom stereocenters. The first-order valence-corrected chi connectivity index (χ1v) is 18.6. The van der Waals surface area contributed by atoms with E-state index in [2.05, 4.69) is 4.99 Å². The summed E-state index contributed by atoms with van der Waals surface area (Å²) >= 11 is -0.556. The first-order chi connectivity index (χ1) is 20.3. The third-order valence-corrected chi connectivity index (χ3v) is 11.4. The summed E-state index contributed by atoms with van der Waals surface area (Å²) in [6.07, 6.45) is 0.900. The number of nitrogens with zero attached hydrogens (tertiary/aromatic N) is 1. The molecule has 0 unspecified atom stereocenters. The Labute approximate surface area is 256 Å². The zero-order valence-corrected chi connectivity index (χ0v) is 25.6. The van der Waals surface area contributed by atoms with Crippen LogP contribution in [0.2, 0.25) is 0 Å². The van der Waals surface area contributed by atoms with Crippen molar-refractivity contribution in [3.05, 3.63) is 144 Å². The second-order valence-corrected chi connectivity index (χ2v) is 15.2. The second-order valence-electron chi connectivity index (χ2n) is 8.84. The number of aliphatic imine (C=N–C) groups is 1. The molecule has 0 spiro atoms. The van der Waals surface area contributed by atoms with Crippen molar-refractivity contribution in [2.45, 2.75) is 0 Å². The van der Waals surface area contributed by atoms with Crippen molar-refractivity contribution in [1.29, 1.82) is 0 Å². The molecule has 1 N–H and O–H groups in total. The van der Waals surface area contributed by atoms with E-state index >= 15 is 0 Å². The first-order valence-electron chi connectivity index (χ1n) is 12.3. The summed E-state index contributed by atoms with van der Waals surface area (Å²) in [4.78, 5) is 3.57. The van der Waals surface area contributed by atoms with E-state index < -0.39 is 59.9 Å². The summed E-state index contributed by atoms with van der Waals surface area (Å²) in [7, 11) is 6.62. The Kier molecular flexibility index (Phi) is 10.8. The van der Waals surface area contributed by atoms with Gasteiger partial charge >= 0.3 is 35.6 Å². The predicted octanol–water partition coefficient (Wildman–Crippen LogP) is 6.59. The summed E-state index contributed by atoms with van der Waals surface area (Å²) in [5, 5.41) is 15.1. The molecule has 0 aliphatic heterocycles. The van der Waals surface area contributed by atoms with Crippen LogP contribution in [-0.4, -0.2) is 19.4 Å². The van der Waals surface area contributed by atoms with Crippen molar-refractivity contribution >= 4 is 59.3 Å². The van der Waals surface area contributed by atoms with Crippen molar-refractivity contribution < 1.29 is 44.1 Å². The molecule has 2 nitrogen and oxygen atoms in total. The first kappa shape index (κ1) is 31.7. The van der Waals surface area contributed by atoms with Crippen LogP contribution in [0.15, 0.2) is 114 Å². The van der Waals surface area contributed by atoms with Crippen LogP contribution in [0, 0.1) is 29.1 Å². The Morgan fingerprint density at radius 1 is 0.571 bits per heavy atom. The van der Waals surface area contributed by atoms with Crippen molar-refractivity contribution in [3.8, 4) is 5.75 Å². The van der Waals surface area contributed by atoms with E-state index in [0.29, 0.717) is 5.19 Å². The van der Waals surface area contributed by atoms with Crippen molar-refractivity contribution in [2.75, 3.05) is 0 Å². The molecule has 0 bridgehead atoms. The Morgan fingerprint density at radius 3 is 1.36 bits per heavy atom. The molecule has 0 radical (unpaired) electrons. The summed E-state index contributed by atoms with van der Waals surface area (Å²) in [6, 6.07) is 34.0. The van der Waals surface area contributed by atoms with Gasteiger partial charge in [0.1, 0.15) is 11.4 Å². The molecule has 0 saturated heterocycles. The standard InChI is InChI=1S/C31H20F5NOSi.2ClH.Ti/c32-25-26(33)28(35)30(29(36)27(25)34)37-19-20-11-10-18-24(31(20)38)39(21-12-4-1-5-13-21,22-14-6-2-7-15-22)23-16-8-3-9-17-23;;;/h1-19,38H;2*1H;/q;;;+2/p-2. The van der Waals surface area contributed by atoms with E-state index in [4.69, 9.17) is 18.6 Å². The van der Waals surface area contributed by atoms with Crippen molar-refractivity contribution in [2.24, 2.45) is 4.99 Å². The number of rotatable bonds is 6. The molecule has 0 heterocycles. The summed E-state index contributed by atoms with van der Waals surface area (Å²) in [5.41, 5.74) is -1.29. The van der Waals surface area contributed by atoms with Gasteiger partial charge in [-0.3, -0.25) is 0 Å². The average Bonchev–Trinajstić information content (AvgIpc) is 3.03. The van der Waals surface area contributed by atoms with E-state index in [1.165, 1.54) is 6.07 Å². The zero-order chi connectivity index (χ0) is 30.3. The quantitative estimate of drug-likeness (QED) is 0.0546. The Morgan fingerprint density at radius 2 is 0.952 bits per heavy atom. The Balaban J connectivity index is 0.00000129. The molecule has 42 heavy (non-hydrogen) atoms. The number of aromatic hydroxyl groups is 1. The molecule has 0 saturated carbocycles. The van der Waals surface area contributed by atoms with Gasteiger partial charge in [0.2, 0.25) is 5.82 Å². The van der Waals surface area contributed by atoms with Gasteiger partial charge in [0.25, 0.3) is 0 Å². The van der Waals surface area contributed by atoms with Crippen molar-refractivity contribution in [3.63, 3.8) is 0 Å². The van der Waals surface area contributed by atoms with E-state index in [1.807, 2.05) is 91.0 Å². The van der Waals surface area contributed by atoms with Crippen LogP contribution < -0.4 is 20.7 Å². The number of hydrogen-bond donors (Lipinski definition) is 1. The predicted molar refractivity (Wildman–Crippen MR) is 157 cm³/mol. The fourth-order valence-corrected chi connectivity index (χ4v) is 9.70. The molecule has 0 amide bonds. The van der Waals surface area contributed by atoms with E-state index in [0.717, 1.165) is 21.8 Å². The number of phenols is 1.